The number of nitrogens with zero attached hydrogens (tertiary/aromatic N) is 3. The molecule has 0 aliphatic heterocycles. The standard InChI is InChI=1S/C67H51N3/c1-3-14-52(15-4-1)53-36-38-54(39-37-53)63-47-58(67-23-13-22-66(70-67)55-16-5-2-6-17-55)40-41-62(63)61-19-8-7-18-60(61)59-45-50(26-24-48-28-32-56(33-29-48)64-20-9-11-42-68-64)44-51(46-59)27-25-49-30-34-57(35-31-49)65-21-10-12-43-69-65/h1-23,28-47H,24-27H2. The van der Waals surface area contributed by atoms with Gasteiger partial charge in [-0.2, -0.15) is 0 Å². The van der Waals surface area contributed by atoms with Gasteiger partial charge in [-0.25, -0.2) is 4.98 Å². The number of hydrogen-bond donors (Lipinski definition) is 0. The van der Waals surface area contributed by atoms with Crippen LogP contribution in [0.3, 0.4) is 0 Å². The van der Waals surface area contributed by atoms with Crippen LogP contribution in [-0.2, 0) is 25.7 Å². The van der Waals surface area contributed by atoms with Crippen molar-refractivity contribution in [3.8, 4) is 89.5 Å². The van der Waals surface area contributed by atoms with E-state index in [1.165, 1.54) is 55.6 Å². The number of pyridine rings is 3. The van der Waals surface area contributed by atoms with E-state index in [4.69, 9.17) is 4.98 Å². The molecule has 0 saturated carbocycles. The zero-order chi connectivity index (χ0) is 46.9. The Labute approximate surface area is 411 Å². The maximum Gasteiger partial charge on any atom is 0.0709 e. The summed E-state index contributed by atoms with van der Waals surface area (Å²) in [4.78, 5) is 14.3. The maximum atomic E-state index is 5.20. The molecule has 8 aromatic carbocycles. The van der Waals surface area contributed by atoms with E-state index in [-0.39, 0.29) is 0 Å². The summed E-state index contributed by atoms with van der Waals surface area (Å²) in [6.45, 7) is 0. The molecule has 3 heterocycles. The summed E-state index contributed by atoms with van der Waals surface area (Å²) in [6, 6.07) is 89.4. The maximum absolute atomic E-state index is 5.20. The van der Waals surface area contributed by atoms with E-state index < -0.39 is 0 Å². The molecule has 0 radical (unpaired) electrons. The predicted molar refractivity (Wildman–Crippen MR) is 291 cm³/mol. The van der Waals surface area contributed by atoms with E-state index in [1.54, 1.807) is 0 Å². The minimum absolute atomic E-state index is 0.924. The van der Waals surface area contributed by atoms with Crippen molar-refractivity contribution in [1.82, 2.24) is 15.0 Å². The first-order valence-electron chi connectivity index (χ1n) is 24.2. The second-order valence-electron chi connectivity index (χ2n) is 17.9. The molecule has 0 atom stereocenters. The molecule has 0 N–H and O–H groups in total. The van der Waals surface area contributed by atoms with Crippen LogP contribution in [0.2, 0.25) is 0 Å². The molecule has 0 aliphatic rings. The van der Waals surface area contributed by atoms with Gasteiger partial charge in [-0.3, -0.25) is 9.97 Å². The van der Waals surface area contributed by atoms with Crippen LogP contribution >= 0.6 is 0 Å². The lowest BCUT2D eigenvalue weighted by atomic mass is 9.86. The molecule has 0 fully saturated rings. The molecule has 0 saturated heterocycles. The highest BCUT2D eigenvalue weighted by Crippen LogP contribution is 2.41. The summed E-state index contributed by atoms with van der Waals surface area (Å²) in [5.41, 5.74) is 23.1. The molecule has 11 rings (SSSR count). The highest BCUT2D eigenvalue weighted by atomic mass is 14.7. The van der Waals surface area contributed by atoms with Crippen molar-refractivity contribution in [1.29, 1.82) is 0 Å². The quantitative estimate of drug-likeness (QED) is 0.109. The van der Waals surface area contributed by atoms with Gasteiger partial charge < -0.3 is 0 Å². The van der Waals surface area contributed by atoms with E-state index in [2.05, 4.69) is 228 Å². The van der Waals surface area contributed by atoms with Gasteiger partial charge in [0.2, 0.25) is 0 Å². The highest BCUT2D eigenvalue weighted by Gasteiger charge is 2.17. The van der Waals surface area contributed by atoms with E-state index in [0.717, 1.165) is 81.8 Å². The molecule has 11 aromatic rings. The minimum atomic E-state index is 0.924. The summed E-state index contributed by atoms with van der Waals surface area (Å²) in [5.74, 6) is 0. The Morgan fingerprint density at radius 1 is 0.214 bits per heavy atom. The average Bonchev–Trinajstić information content (AvgIpc) is 3.45. The number of aryl methyl sites for hydroxylation is 4. The molecule has 3 aromatic heterocycles. The zero-order valence-electron chi connectivity index (χ0n) is 39.0. The fourth-order valence-electron chi connectivity index (χ4n) is 9.52. The van der Waals surface area contributed by atoms with Gasteiger partial charge >= 0.3 is 0 Å². The molecule has 334 valence electrons. The lowest BCUT2D eigenvalue weighted by Gasteiger charge is -2.18. The largest absolute Gasteiger partial charge is 0.256 e. The third-order valence-corrected chi connectivity index (χ3v) is 13.3. The van der Waals surface area contributed by atoms with E-state index in [0.29, 0.717) is 0 Å². The number of rotatable bonds is 14. The summed E-state index contributed by atoms with van der Waals surface area (Å²) in [6.07, 6.45) is 7.43. The third kappa shape index (κ3) is 10.1. The highest BCUT2D eigenvalue weighted by molar-refractivity contribution is 5.94. The van der Waals surface area contributed by atoms with Gasteiger partial charge in [0.1, 0.15) is 0 Å². The van der Waals surface area contributed by atoms with Crippen molar-refractivity contribution in [2.45, 2.75) is 25.7 Å². The fourth-order valence-corrected chi connectivity index (χ4v) is 9.52. The van der Waals surface area contributed by atoms with Crippen LogP contribution in [-0.4, -0.2) is 15.0 Å². The SMILES string of the molecule is c1ccc(-c2ccc(-c3cc(-c4cccc(-c5ccccc5)n4)ccc3-c3ccccc3-c3cc(CCc4ccc(-c5ccccn5)cc4)cc(CCc4ccc(-c5ccccn5)cc4)c3)cc2)cc1. The van der Waals surface area contributed by atoms with Crippen LogP contribution in [0, 0.1) is 0 Å². The fraction of sp³-hybridized carbons (Fsp3) is 0.0597. The topological polar surface area (TPSA) is 38.7 Å². The first kappa shape index (κ1) is 43.8. The van der Waals surface area contributed by atoms with E-state index in [1.807, 2.05) is 42.7 Å². The van der Waals surface area contributed by atoms with Gasteiger partial charge in [0.15, 0.2) is 0 Å². The zero-order valence-corrected chi connectivity index (χ0v) is 39.0. The predicted octanol–water partition coefficient (Wildman–Crippen LogP) is 16.8. The smallest absolute Gasteiger partial charge is 0.0709 e. The lowest BCUT2D eigenvalue weighted by molar-refractivity contribution is 0.931. The second-order valence-corrected chi connectivity index (χ2v) is 17.9. The summed E-state index contributed by atoms with van der Waals surface area (Å²) in [5, 5.41) is 0. The molecular formula is C67H51N3. The van der Waals surface area contributed by atoms with Crippen LogP contribution in [0.1, 0.15) is 22.3 Å². The normalized spacial score (nSPS) is 11.1. The number of hydrogen-bond acceptors (Lipinski definition) is 3. The Balaban J connectivity index is 0.969. The van der Waals surface area contributed by atoms with Gasteiger partial charge in [-0.1, -0.05) is 206 Å². The Morgan fingerprint density at radius 3 is 1.20 bits per heavy atom. The van der Waals surface area contributed by atoms with Crippen molar-refractivity contribution in [2.24, 2.45) is 0 Å². The van der Waals surface area contributed by atoms with Crippen LogP contribution in [0.5, 0.6) is 0 Å². The van der Waals surface area contributed by atoms with E-state index in [9.17, 15) is 0 Å². The van der Waals surface area contributed by atoms with Gasteiger partial charge in [0.25, 0.3) is 0 Å². The molecule has 3 nitrogen and oxygen atoms in total. The van der Waals surface area contributed by atoms with Gasteiger partial charge in [0, 0.05) is 34.6 Å². The van der Waals surface area contributed by atoms with Crippen molar-refractivity contribution in [3.63, 3.8) is 0 Å². The van der Waals surface area contributed by atoms with E-state index >= 15 is 0 Å². The molecule has 0 aliphatic carbocycles. The van der Waals surface area contributed by atoms with Crippen LogP contribution < -0.4 is 0 Å². The molecule has 0 bridgehead atoms. The first-order valence-corrected chi connectivity index (χ1v) is 24.2. The van der Waals surface area contributed by atoms with Gasteiger partial charge in [0.05, 0.1) is 22.8 Å². The lowest BCUT2D eigenvalue weighted by Crippen LogP contribution is -1.98. The molecule has 0 spiro atoms. The Kier molecular flexibility index (Phi) is 12.9. The molecule has 70 heavy (non-hydrogen) atoms. The van der Waals surface area contributed by atoms with Crippen molar-refractivity contribution in [3.05, 3.63) is 283 Å². The summed E-state index contributed by atoms with van der Waals surface area (Å²) >= 11 is 0. The molecule has 0 unspecified atom stereocenters. The molecular weight excluding hydrogens is 847 g/mol. The average molecular weight is 898 g/mol. The second kappa shape index (κ2) is 20.6. The van der Waals surface area contributed by atoms with Crippen LogP contribution in [0.4, 0.5) is 0 Å². The summed E-state index contributed by atoms with van der Waals surface area (Å²) in [7, 11) is 0. The van der Waals surface area contributed by atoms with Gasteiger partial charge in [-0.05, 0) is 135 Å². The molecule has 0 amide bonds. The Bertz CT molecular complexity index is 3370. The van der Waals surface area contributed by atoms with Crippen LogP contribution in [0.25, 0.3) is 89.5 Å². The summed E-state index contributed by atoms with van der Waals surface area (Å²) < 4.78 is 0. The Hall–Kier alpha value is -8.79. The monoisotopic (exact) mass is 897 g/mol. The van der Waals surface area contributed by atoms with Crippen molar-refractivity contribution in [2.75, 3.05) is 0 Å². The first-order chi connectivity index (χ1) is 34.7. The van der Waals surface area contributed by atoms with Crippen molar-refractivity contribution < 1.29 is 0 Å². The number of aromatic nitrogens is 3. The Morgan fingerprint density at radius 2 is 0.629 bits per heavy atom. The number of benzene rings is 8. The molecule has 3 heteroatoms. The third-order valence-electron chi connectivity index (χ3n) is 13.3. The van der Waals surface area contributed by atoms with Gasteiger partial charge in [-0.15, -0.1) is 0 Å². The van der Waals surface area contributed by atoms with Crippen molar-refractivity contribution >= 4 is 0 Å². The van der Waals surface area contributed by atoms with Crippen LogP contribution in [0.15, 0.2) is 261 Å². The minimum Gasteiger partial charge on any atom is -0.256 e.